The fourth-order valence-corrected chi connectivity index (χ4v) is 1.21. The van der Waals surface area contributed by atoms with E-state index in [0.29, 0.717) is 0 Å². The number of rotatable bonds is 6. The zero-order chi connectivity index (χ0) is 10.9. The number of nitrogens with one attached hydrogen (secondary N) is 2. The highest BCUT2D eigenvalue weighted by Gasteiger charge is 1.92. The highest BCUT2D eigenvalue weighted by molar-refractivity contribution is 5.72. The highest BCUT2D eigenvalue weighted by atomic mass is 16.1. The number of hydrogen-bond donors (Lipinski definition) is 2. The van der Waals surface area contributed by atoms with Gasteiger partial charge in [-0.25, -0.2) is 0 Å². The zero-order valence-corrected chi connectivity index (χ0v) is 8.99. The monoisotopic (exact) mass is 207 g/mol. The van der Waals surface area contributed by atoms with Gasteiger partial charge in [0.25, 0.3) is 0 Å². The van der Waals surface area contributed by atoms with Crippen molar-refractivity contribution in [2.24, 2.45) is 0 Å². The predicted octanol–water partition coefficient (Wildman–Crippen LogP) is 0.697. The number of carbonyl (C=O) groups is 1. The van der Waals surface area contributed by atoms with Crippen molar-refractivity contribution in [2.75, 3.05) is 13.1 Å². The Kier molecular flexibility index (Phi) is 5.40. The number of aromatic nitrogens is 1. The topological polar surface area (TPSA) is 54.0 Å². The third kappa shape index (κ3) is 5.80. The second-order valence-corrected chi connectivity index (χ2v) is 3.37. The van der Waals surface area contributed by atoms with E-state index in [-0.39, 0.29) is 5.91 Å². The molecule has 15 heavy (non-hydrogen) atoms. The Morgan fingerprint density at radius 1 is 1.47 bits per heavy atom. The molecule has 4 nitrogen and oxygen atoms in total. The quantitative estimate of drug-likeness (QED) is 0.675. The van der Waals surface area contributed by atoms with Crippen LogP contribution in [0.2, 0.25) is 0 Å². The molecule has 0 saturated heterocycles. The summed E-state index contributed by atoms with van der Waals surface area (Å²) in [4.78, 5) is 14.6. The van der Waals surface area contributed by atoms with Gasteiger partial charge in [0.05, 0.1) is 0 Å². The lowest BCUT2D eigenvalue weighted by Gasteiger charge is -2.04. The van der Waals surface area contributed by atoms with Crippen molar-refractivity contribution in [1.29, 1.82) is 0 Å². The van der Waals surface area contributed by atoms with Crippen molar-refractivity contribution < 1.29 is 4.79 Å². The first-order chi connectivity index (χ1) is 7.29. The van der Waals surface area contributed by atoms with Crippen molar-refractivity contribution in [2.45, 2.75) is 19.9 Å². The summed E-state index contributed by atoms with van der Waals surface area (Å²) in [5, 5.41) is 6.04. The predicted molar refractivity (Wildman–Crippen MR) is 59.2 cm³/mol. The standard InChI is InChI=1S/C11H17N3O/c1-10(15)14-7-3-6-13-9-11-4-2-5-12-8-11/h2,4-5,8,13H,3,6-7,9H2,1H3,(H,14,15). The van der Waals surface area contributed by atoms with E-state index in [0.717, 1.165) is 26.1 Å². The molecule has 0 saturated carbocycles. The minimum atomic E-state index is 0.0299. The van der Waals surface area contributed by atoms with Gasteiger partial charge in [-0.15, -0.1) is 0 Å². The Bertz CT molecular complexity index is 287. The first kappa shape index (κ1) is 11.7. The Hall–Kier alpha value is -1.42. The van der Waals surface area contributed by atoms with Gasteiger partial charge in [0.15, 0.2) is 0 Å². The normalized spacial score (nSPS) is 9.93. The van der Waals surface area contributed by atoms with E-state index in [9.17, 15) is 4.79 Å². The molecule has 1 aromatic heterocycles. The van der Waals surface area contributed by atoms with Crippen LogP contribution in [0.15, 0.2) is 24.5 Å². The van der Waals surface area contributed by atoms with E-state index >= 15 is 0 Å². The molecule has 1 amide bonds. The molecule has 0 aliphatic carbocycles. The van der Waals surface area contributed by atoms with E-state index in [1.807, 2.05) is 18.3 Å². The third-order valence-electron chi connectivity index (χ3n) is 1.96. The molecular weight excluding hydrogens is 190 g/mol. The molecule has 0 radical (unpaired) electrons. The van der Waals surface area contributed by atoms with Gasteiger partial charge in [-0.2, -0.15) is 0 Å². The lowest BCUT2D eigenvalue weighted by molar-refractivity contribution is -0.118. The molecule has 0 fully saturated rings. The minimum Gasteiger partial charge on any atom is -0.356 e. The van der Waals surface area contributed by atoms with Crippen LogP contribution in [-0.4, -0.2) is 24.0 Å². The Morgan fingerprint density at radius 3 is 3.00 bits per heavy atom. The summed E-state index contributed by atoms with van der Waals surface area (Å²) in [7, 11) is 0. The van der Waals surface area contributed by atoms with Gasteiger partial charge in [0.1, 0.15) is 0 Å². The largest absolute Gasteiger partial charge is 0.356 e. The number of pyridine rings is 1. The van der Waals surface area contributed by atoms with E-state index in [4.69, 9.17) is 0 Å². The van der Waals surface area contributed by atoms with Crippen LogP contribution in [-0.2, 0) is 11.3 Å². The van der Waals surface area contributed by atoms with E-state index in [1.54, 1.807) is 6.20 Å². The fourth-order valence-electron chi connectivity index (χ4n) is 1.21. The Balaban J connectivity index is 2.00. The van der Waals surface area contributed by atoms with Crippen LogP contribution in [0.4, 0.5) is 0 Å². The smallest absolute Gasteiger partial charge is 0.216 e. The van der Waals surface area contributed by atoms with Crippen molar-refractivity contribution in [3.05, 3.63) is 30.1 Å². The molecule has 0 aliphatic rings. The molecule has 4 heteroatoms. The molecule has 1 aromatic rings. The molecule has 0 bridgehead atoms. The summed E-state index contributed by atoms with van der Waals surface area (Å²) in [5.41, 5.74) is 1.18. The van der Waals surface area contributed by atoms with Crippen molar-refractivity contribution in [3.8, 4) is 0 Å². The van der Waals surface area contributed by atoms with E-state index in [1.165, 1.54) is 12.5 Å². The molecule has 2 N–H and O–H groups in total. The maximum Gasteiger partial charge on any atom is 0.216 e. The van der Waals surface area contributed by atoms with Crippen LogP contribution in [0.25, 0.3) is 0 Å². The molecule has 0 atom stereocenters. The maximum absolute atomic E-state index is 10.6. The molecular formula is C11H17N3O. The van der Waals surface area contributed by atoms with Crippen molar-refractivity contribution in [3.63, 3.8) is 0 Å². The highest BCUT2D eigenvalue weighted by Crippen LogP contribution is 1.93. The van der Waals surface area contributed by atoms with Crippen LogP contribution in [0.3, 0.4) is 0 Å². The van der Waals surface area contributed by atoms with Gasteiger partial charge in [-0.05, 0) is 24.6 Å². The third-order valence-corrected chi connectivity index (χ3v) is 1.96. The number of carbonyl (C=O) groups excluding carboxylic acids is 1. The van der Waals surface area contributed by atoms with E-state index in [2.05, 4.69) is 15.6 Å². The van der Waals surface area contributed by atoms with E-state index < -0.39 is 0 Å². The lowest BCUT2D eigenvalue weighted by Crippen LogP contribution is -2.24. The molecule has 0 aromatic carbocycles. The molecule has 1 heterocycles. The lowest BCUT2D eigenvalue weighted by atomic mass is 10.3. The summed E-state index contributed by atoms with van der Waals surface area (Å²) in [5.74, 6) is 0.0299. The molecule has 82 valence electrons. The summed E-state index contributed by atoms with van der Waals surface area (Å²) in [6, 6.07) is 3.96. The van der Waals surface area contributed by atoms with Gasteiger partial charge >= 0.3 is 0 Å². The first-order valence-corrected chi connectivity index (χ1v) is 5.13. The SMILES string of the molecule is CC(=O)NCCCNCc1cccnc1. The summed E-state index contributed by atoms with van der Waals surface area (Å²) < 4.78 is 0. The van der Waals surface area contributed by atoms with Crippen LogP contribution >= 0.6 is 0 Å². The van der Waals surface area contributed by atoms with Gasteiger partial charge in [-0.3, -0.25) is 9.78 Å². The van der Waals surface area contributed by atoms with Gasteiger partial charge in [0, 0.05) is 32.4 Å². The van der Waals surface area contributed by atoms with Gasteiger partial charge in [-0.1, -0.05) is 6.07 Å². The van der Waals surface area contributed by atoms with Crippen LogP contribution in [0.5, 0.6) is 0 Å². The van der Waals surface area contributed by atoms with Crippen LogP contribution < -0.4 is 10.6 Å². The Labute approximate surface area is 90.1 Å². The average molecular weight is 207 g/mol. The summed E-state index contributed by atoms with van der Waals surface area (Å²) in [6.07, 6.45) is 4.56. The molecule has 0 spiro atoms. The van der Waals surface area contributed by atoms with Crippen LogP contribution in [0, 0.1) is 0 Å². The Morgan fingerprint density at radius 2 is 2.33 bits per heavy atom. The van der Waals surface area contributed by atoms with Crippen LogP contribution in [0.1, 0.15) is 18.9 Å². The minimum absolute atomic E-state index is 0.0299. The fraction of sp³-hybridized carbons (Fsp3) is 0.455. The first-order valence-electron chi connectivity index (χ1n) is 5.13. The average Bonchev–Trinajstić information content (AvgIpc) is 2.24. The second-order valence-electron chi connectivity index (χ2n) is 3.37. The molecule has 0 aliphatic heterocycles. The van der Waals surface area contributed by atoms with Gasteiger partial charge < -0.3 is 10.6 Å². The van der Waals surface area contributed by atoms with Gasteiger partial charge in [0.2, 0.25) is 5.91 Å². The molecule has 1 rings (SSSR count). The summed E-state index contributed by atoms with van der Waals surface area (Å²) in [6.45, 7) is 3.99. The second kappa shape index (κ2) is 6.95. The number of amides is 1. The number of hydrogen-bond acceptors (Lipinski definition) is 3. The number of nitrogens with zero attached hydrogens (tertiary/aromatic N) is 1. The van der Waals surface area contributed by atoms with Crippen molar-refractivity contribution in [1.82, 2.24) is 15.6 Å². The molecule has 0 unspecified atom stereocenters. The van der Waals surface area contributed by atoms with Crippen molar-refractivity contribution >= 4 is 5.91 Å². The summed E-state index contributed by atoms with van der Waals surface area (Å²) >= 11 is 0. The zero-order valence-electron chi connectivity index (χ0n) is 8.99. The maximum atomic E-state index is 10.6.